The lowest BCUT2D eigenvalue weighted by atomic mass is 9.81. The molecule has 1 aromatic carbocycles. The third-order valence-electron chi connectivity index (χ3n) is 2.99. The van der Waals surface area contributed by atoms with Crippen LogP contribution in [-0.4, -0.2) is 7.11 Å². The lowest BCUT2D eigenvalue weighted by Gasteiger charge is -2.29. The molecule has 1 aromatic rings. The van der Waals surface area contributed by atoms with Gasteiger partial charge < -0.3 is 4.74 Å². The Morgan fingerprint density at radius 1 is 1.43 bits per heavy atom. The number of rotatable bonds is 1. The first-order chi connectivity index (χ1) is 6.65. The molecule has 1 aliphatic carbocycles. The molecule has 14 heavy (non-hydrogen) atoms. The summed E-state index contributed by atoms with van der Waals surface area (Å²) >= 11 is 0. The van der Waals surface area contributed by atoms with Crippen molar-refractivity contribution in [1.29, 1.82) is 0 Å². The van der Waals surface area contributed by atoms with Crippen molar-refractivity contribution >= 4 is 0 Å². The number of halogens is 1. The van der Waals surface area contributed by atoms with E-state index in [1.807, 2.05) is 18.2 Å². The van der Waals surface area contributed by atoms with E-state index in [1.165, 1.54) is 0 Å². The standard InChI is InChI=1S/C12H15FO/c1-12(13)8-4-5-9-10(12)6-3-7-11(9)14-2/h3,6-7H,4-5,8H2,1-2H3. The normalized spacial score (nSPS) is 25.6. The summed E-state index contributed by atoms with van der Waals surface area (Å²) in [5, 5.41) is 0. The Morgan fingerprint density at radius 2 is 2.21 bits per heavy atom. The summed E-state index contributed by atoms with van der Waals surface area (Å²) < 4.78 is 19.4. The zero-order valence-corrected chi connectivity index (χ0v) is 8.64. The van der Waals surface area contributed by atoms with Crippen LogP contribution in [-0.2, 0) is 12.1 Å². The fourth-order valence-corrected chi connectivity index (χ4v) is 2.23. The molecule has 1 unspecified atom stereocenters. The Kier molecular flexibility index (Phi) is 2.22. The van der Waals surface area contributed by atoms with Crippen molar-refractivity contribution < 1.29 is 9.13 Å². The average molecular weight is 194 g/mol. The molecule has 0 amide bonds. The molecule has 1 atom stereocenters. The van der Waals surface area contributed by atoms with Crippen LogP contribution < -0.4 is 4.74 Å². The molecule has 76 valence electrons. The largest absolute Gasteiger partial charge is 0.496 e. The Balaban J connectivity index is 2.55. The second-order valence-electron chi connectivity index (χ2n) is 4.04. The predicted molar refractivity (Wildman–Crippen MR) is 54.4 cm³/mol. The monoisotopic (exact) mass is 194 g/mol. The number of methoxy groups -OCH3 is 1. The van der Waals surface area contributed by atoms with E-state index in [1.54, 1.807) is 14.0 Å². The number of ether oxygens (including phenoxy) is 1. The highest BCUT2D eigenvalue weighted by molar-refractivity contribution is 5.44. The molecule has 0 saturated carbocycles. The fraction of sp³-hybridized carbons (Fsp3) is 0.500. The molecule has 2 rings (SSSR count). The third-order valence-corrected chi connectivity index (χ3v) is 2.99. The lowest BCUT2D eigenvalue weighted by molar-refractivity contribution is 0.161. The van der Waals surface area contributed by atoms with Crippen molar-refractivity contribution in [3.8, 4) is 5.75 Å². The van der Waals surface area contributed by atoms with Gasteiger partial charge in [-0.15, -0.1) is 0 Å². The van der Waals surface area contributed by atoms with Crippen LogP contribution in [0.4, 0.5) is 4.39 Å². The molecule has 0 spiro atoms. The van der Waals surface area contributed by atoms with E-state index in [0.29, 0.717) is 6.42 Å². The van der Waals surface area contributed by atoms with Crippen molar-refractivity contribution in [1.82, 2.24) is 0 Å². The minimum absolute atomic E-state index is 0.618. The minimum atomic E-state index is -1.18. The number of fused-ring (bicyclic) bond motifs is 1. The quantitative estimate of drug-likeness (QED) is 0.667. The predicted octanol–water partition coefficient (Wildman–Crippen LogP) is 3.22. The van der Waals surface area contributed by atoms with E-state index in [-0.39, 0.29) is 0 Å². The van der Waals surface area contributed by atoms with Gasteiger partial charge in [0, 0.05) is 5.56 Å². The fourth-order valence-electron chi connectivity index (χ4n) is 2.23. The molecule has 1 aliphatic rings. The Bertz CT molecular complexity index is 344. The van der Waals surface area contributed by atoms with Crippen molar-refractivity contribution in [2.75, 3.05) is 7.11 Å². The van der Waals surface area contributed by atoms with Crippen LogP contribution in [0.3, 0.4) is 0 Å². The molecule has 2 heteroatoms. The molecule has 0 aromatic heterocycles. The van der Waals surface area contributed by atoms with E-state index in [2.05, 4.69) is 0 Å². The highest BCUT2D eigenvalue weighted by atomic mass is 19.1. The van der Waals surface area contributed by atoms with Gasteiger partial charge in [0.2, 0.25) is 0 Å². The van der Waals surface area contributed by atoms with E-state index in [0.717, 1.165) is 29.7 Å². The highest BCUT2D eigenvalue weighted by Gasteiger charge is 2.32. The lowest BCUT2D eigenvalue weighted by Crippen LogP contribution is -2.22. The molecule has 0 bridgehead atoms. The number of benzene rings is 1. The van der Waals surface area contributed by atoms with Crippen molar-refractivity contribution in [3.63, 3.8) is 0 Å². The average Bonchev–Trinajstić information content (AvgIpc) is 2.17. The summed E-state index contributed by atoms with van der Waals surface area (Å²) in [6.07, 6.45) is 2.45. The Hall–Kier alpha value is -1.05. The maximum absolute atomic E-state index is 14.1. The van der Waals surface area contributed by atoms with Gasteiger partial charge in [0.15, 0.2) is 0 Å². The number of hydrogen-bond acceptors (Lipinski definition) is 1. The van der Waals surface area contributed by atoms with Gasteiger partial charge in [0.1, 0.15) is 11.4 Å². The van der Waals surface area contributed by atoms with Gasteiger partial charge in [-0.05, 0) is 37.8 Å². The molecule has 0 N–H and O–H groups in total. The van der Waals surface area contributed by atoms with Crippen molar-refractivity contribution in [2.45, 2.75) is 31.9 Å². The van der Waals surface area contributed by atoms with Gasteiger partial charge in [-0.3, -0.25) is 0 Å². The zero-order valence-electron chi connectivity index (χ0n) is 8.64. The zero-order chi connectivity index (χ0) is 10.2. The molecular weight excluding hydrogens is 179 g/mol. The first-order valence-corrected chi connectivity index (χ1v) is 5.00. The van der Waals surface area contributed by atoms with Gasteiger partial charge in [-0.1, -0.05) is 12.1 Å². The van der Waals surface area contributed by atoms with E-state index < -0.39 is 5.67 Å². The highest BCUT2D eigenvalue weighted by Crippen LogP contribution is 2.41. The van der Waals surface area contributed by atoms with Gasteiger partial charge in [0.05, 0.1) is 7.11 Å². The summed E-state index contributed by atoms with van der Waals surface area (Å²) in [7, 11) is 1.64. The molecule has 0 heterocycles. The summed E-state index contributed by atoms with van der Waals surface area (Å²) in [4.78, 5) is 0. The van der Waals surface area contributed by atoms with Crippen molar-refractivity contribution in [2.24, 2.45) is 0 Å². The smallest absolute Gasteiger partial charge is 0.133 e. The van der Waals surface area contributed by atoms with Crippen LogP contribution in [0.1, 0.15) is 30.9 Å². The minimum Gasteiger partial charge on any atom is -0.496 e. The molecule has 0 fully saturated rings. The Morgan fingerprint density at radius 3 is 2.93 bits per heavy atom. The number of alkyl halides is 1. The van der Waals surface area contributed by atoms with Crippen LogP contribution in [0.5, 0.6) is 5.75 Å². The molecule has 1 nitrogen and oxygen atoms in total. The van der Waals surface area contributed by atoms with Crippen LogP contribution in [0.2, 0.25) is 0 Å². The first kappa shape index (κ1) is 9.50. The molecule has 0 aliphatic heterocycles. The topological polar surface area (TPSA) is 9.23 Å². The molecule has 0 saturated heterocycles. The SMILES string of the molecule is COc1cccc2c1CCCC2(C)F. The van der Waals surface area contributed by atoms with Crippen LogP contribution in [0.25, 0.3) is 0 Å². The van der Waals surface area contributed by atoms with E-state index in [4.69, 9.17) is 4.74 Å². The van der Waals surface area contributed by atoms with Gasteiger partial charge in [-0.2, -0.15) is 0 Å². The van der Waals surface area contributed by atoms with Crippen molar-refractivity contribution in [3.05, 3.63) is 29.3 Å². The van der Waals surface area contributed by atoms with E-state index in [9.17, 15) is 4.39 Å². The second-order valence-corrected chi connectivity index (χ2v) is 4.04. The molecule has 0 radical (unpaired) electrons. The Labute approximate surface area is 83.9 Å². The van der Waals surface area contributed by atoms with E-state index >= 15 is 0 Å². The maximum Gasteiger partial charge on any atom is 0.133 e. The third kappa shape index (κ3) is 1.39. The molecular formula is C12H15FO. The summed E-state index contributed by atoms with van der Waals surface area (Å²) in [5.41, 5.74) is 0.677. The van der Waals surface area contributed by atoms with Crippen LogP contribution >= 0.6 is 0 Å². The van der Waals surface area contributed by atoms with Gasteiger partial charge >= 0.3 is 0 Å². The van der Waals surface area contributed by atoms with Gasteiger partial charge in [0.25, 0.3) is 0 Å². The first-order valence-electron chi connectivity index (χ1n) is 5.00. The summed E-state index contributed by atoms with van der Waals surface area (Å²) in [6.45, 7) is 1.66. The summed E-state index contributed by atoms with van der Waals surface area (Å²) in [6, 6.07) is 5.64. The van der Waals surface area contributed by atoms with Crippen LogP contribution in [0.15, 0.2) is 18.2 Å². The number of hydrogen-bond donors (Lipinski definition) is 0. The maximum atomic E-state index is 14.1. The van der Waals surface area contributed by atoms with Gasteiger partial charge in [-0.25, -0.2) is 4.39 Å². The second kappa shape index (κ2) is 3.26. The summed E-state index contributed by atoms with van der Waals surface area (Å²) in [5.74, 6) is 0.825. The van der Waals surface area contributed by atoms with Crippen LogP contribution in [0, 0.1) is 0 Å².